The second-order valence-electron chi connectivity index (χ2n) is 7.01. The quantitative estimate of drug-likeness (QED) is 0.497. The first-order chi connectivity index (χ1) is 13.7. The lowest BCUT2D eigenvalue weighted by atomic mass is 9.79. The molecule has 0 amide bonds. The highest BCUT2D eigenvalue weighted by Gasteiger charge is 2.44. The Morgan fingerprint density at radius 2 is 1.82 bits per heavy atom. The first-order valence-corrected chi connectivity index (χ1v) is 10.6. The molecule has 0 aliphatic heterocycles. The highest BCUT2D eigenvalue weighted by molar-refractivity contribution is 7.13. The summed E-state index contributed by atoms with van der Waals surface area (Å²) >= 11 is 7.51. The number of esters is 1. The lowest BCUT2D eigenvalue weighted by Crippen LogP contribution is -2.34. The SMILES string of the molecule is O=C(OCc1csc(Nc2ccccc2)n1)C1(c2ccc(Cl)cc2)CCCC1. The summed E-state index contributed by atoms with van der Waals surface area (Å²) in [5, 5.41) is 6.63. The van der Waals surface area contributed by atoms with Crippen LogP contribution in [0.3, 0.4) is 0 Å². The van der Waals surface area contributed by atoms with Gasteiger partial charge in [-0.25, -0.2) is 4.98 Å². The molecule has 0 spiro atoms. The molecule has 6 heteroatoms. The molecule has 0 unspecified atom stereocenters. The van der Waals surface area contributed by atoms with Gasteiger partial charge in [0.25, 0.3) is 0 Å². The first kappa shape index (κ1) is 19.0. The molecule has 4 nitrogen and oxygen atoms in total. The fraction of sp³-hybridized carbons (Fsp3) is 0.273. The van der Waals surface area contributed by atoms with E-state index in [2.05, 4.69) is 10.3 Å². The number of hydrogen-bond acceptors (Lipinski definition) is 5. The van der Waals surface area contributed by atoms with Gasteiger partial charge in [-0.1, -0.05) is 54.8 Å². The summed E-state index contributed by atoms with van der Waals surface area (Å²) in [4.78, 5) is 17.6. The van der Waals surface area contributed by atoms with Crippen molar-refractivity contribution < 1.29 is 9.53 Å². The van der Waals surface area contributed by atoms with Gasteiger partial charge in [0, 0.05) is 16.1 Å². The van der Waals surface area contributed by atoms with E-state index in [9.17, 15) is 4.79 Å². The number of nitrogens with zero attached hydrogens (tertiary/aromatic N) is 1. The van der Waals surface area contributed by atoms with E-state index in [4.69, 9.17) is 16.3 Å². The van der Waals surface area contributed by atoms with Crippen molar-refractivity contribution in [3.8, 4) is 0 Å². The van der Waals surface area contributed by atoms with E-state index in [1.54, 1.807) is 0 Å². The van der Waals surface area contributed by atoms with Gasteiger partial charge < -0.3 is 10.1 Å². The van der Waals surface area contributed by atoms with Crippen LogP contribution >= 0.6 is 22.9 Å². The number of aromatic nitrogens is 1. The highest BCUT2D eigenvalue weighted by Crippen LogP contribution is 2.42. The Kier molecular flexibility index (Phi) is 5.64. The molecular weight excluding hydrogens is 392 g/mol. The van der Waals surface area contributed by atoms with E-state index >= 15 is 0 Å². The fourth-order valence-corrected chi connectivity index (χ4v) is 4.55. The van der Waals surface area contributed by atoms with Gasteiger partial charge in [-0.3, -0.25) is 4.79 Å². The maximum atomic E-state index is 13.0. The molecule has 1 saturated carbocycles. The van der Waals surface area contributed by atoms with Crippen LogP contribution in [0.1, 0.15) is 36.9 Å². The van der Waals surface area contributed by atoms with Crippen molar-refractivity contribution in [1.82, 2.24) is 4.98 Å². The molecule has 1 aliphatic rings. The largest absolute Gasteiger partial charge is 0.458 e. The number of hydrogen-bond donors (Lipinski definition) is 1. The van der Waals surface area contributed by atoms with Crippen LogP contribution in [-0.2, 0) is 21.6 Å². The number of thiazole rings is 1. The van der Waals surface area contributed by atoms with E-state index in [1.165, 1.54) is 11.3 Å². The normalized spacial score (nSPS) is 15.3. The lowest BCUT2D eigenvalue weighted by Gasteiger charge is -2.27. The Balaban J connectivity index is 1.42. The number of anilines is 2. The summed E-state index contributed by atoms with van der Waals surface area (Å²) in [7, 11) is 0. The molecule has 1 aliphatic carbocycles. The molecule has 4 rings (SSSR count). The Morgan fingerprint density at radius 3 is 2.54 bits per heavy atom. The minimum Gasteiger partial charge on any atom is -0.458 e. The van der Waals surface area contributed by atoms with E-state index in [-0.39, 0.29) is 12.6 Å². The molecule has 1 fully saturated rings. The van der Waals surface area contributed by atoms with Crippen LogP contribution < -0.4 is 5.32 Å². The van der Waals surface area contributed by atoms with Crippen LogP contribution in [0.5, 0.6) is 0 Å². The van der Waals surface area contributed by atoms with Crippen molar-refractivity contribution in [2.45, 2.75) is 37.7 Å². The number of carbonyl (C=O) groups excluding carboxylic acids is 1. The zero-order valence-electron chi connectivity index (χ0n) is 15.4. The summed E-state index contributed by atoms with van der Waals surface area (Å²) in [6.45, 7) is 0.182. The molecule has 1 N–H and O–H groups in total. The van der Waals surface area contributed by atoms with E-state index in [0.717, 1.165) is 47.8 Å². The van der Waals surface area contributed by atoms with Crippen molar-refractivity contribution in [2.24, 2.45) is 0 Å². The predicted molar refractivity (Wildman–Crippen MR) is 113 cm³/mol. The van der Waals surface area contributed by atoms with Crippen LogP contribution in [0.2, 0.25) is 5.02 Å². The van der Waals surface area contributed by atoms with Gasteiger partial charge >= 0.3 is 5.97 Å². The predicted octanol–water partition coefficient (Wildman–Crippen LogP) is 6.10. The van der Waals surface area contributed by atoms with Crippen LogP contribution in [0.4, 0.5) is 10.8 Å². The Bertz CT molecular complexity index is 935. The number of ether oxygens (including phenoxy) is 1. The van der Waals surface area contributed by atoms with E-state index < -0.39 is 5.41 Å². The number of rotatable bonds is 6. The third kappa shape index (κ3) is 4.05. The molecule has 1 aromatic heterocycles. The summed E-state index contributed by atoms with van der Waals surface area (Å²) in [6, 6.07) is 17.4. The van der Waals surface area contributed by atoms with Gasteiger partial charge in [0.05, 0.1) is 11.1 Å². The maximum absolute atomic E-state index is 13.0. The van der Waals surface area contributed by atoms with Gasteiger partial charge in [0.1, 0.15) is 6.61 Å². The van der Waals surface area contributed by atoms with Crippen molar-refractivity contribution in [2.75, 3.05) is 5.32 Å². The van der Waals surface area contributed by atoms with Crippen molar-refractivity contribution >= 4 is 39.7 Å². The zero-order chi connectivity index (χ0) is 19.4. The van der Waals surface area contributed by atoms with Crippen molar-refractivity contribution in [1.29, 1.82) is 0 Å². The second kappa shape index (κ2) is 8.33. The highest BCUT2D eigenvalue weighted by atomic mass is 35.5. The molecule has 0 radical (unpaired) electrons. The molecule has 0 saturated heterocycles. The lowest BCUT2D eigenvalue weighted by molar-refractivity contribution is -0.152. The number of halogens is 1. The number of carbonyl (C=O) groups is 1. The third-order valence-electron chi connectivity index (χ3n) is 5.17. The van der Waals surface area contributed by atoms with Crippen molar-refractivity contribution in [3.63, 3.8) is 0 Å². The minimum atomic E-state index is -0.564. The molecule has 28 heavy (non-hydrogen) atoms. The fourth-order valence-electron chi connectivity index (χ4n) is 3.71. The molecule has 0 bridgehead atoms. The average Bonchev–Trinajstić information content (AvgIpc) is 3.38. The topological polar surface area (TPSA) is 51.2 Å². The van der Waals surface area contributed by atoms with Gasteiger partial charge in [-0.15, -0.1) is 11.3 Å². The monoisotopic (exact) mass is 412 g/mol. The Labute approximate surface area is 173 Å². The summed E-state index contributed by atoms with van der Waals surface area (Å²) in [5.41, 5.74) is 2.16. The summed E-state index contributed by atoms with van der Waals surface area (Å²) in [6.07, 6.45) is 3.68. The minimum absolute atomic E-state index is 0.169. The molecule has 144 valence electrons. The molecule has 0 atom stereocenters. The number of benzene rings is 2. The number of nitrogens with one attached hydrogen (secondary N) is 1. The first-order valence-electron chi connectivity index (χ1n) is 9.35. The Hall–Kier alpha value is -2.37. The van der Waals surface area contributed by atoms with Crippen LogP contribution in [0, 0.1) is 0 Å². The van der Waals surface area contributed by atoms with Gasteiger partial charge in [-0.05, 0) is 42.7 Å². The second-order valence-corrected chi connectivity index (χ2v) is 8.30. The third-order valence-corrected chi connectivity index (χ3v) is 6.23. The van der Waals surface area contributed by atoms with E-state index in [0.29, 0.717) is 5.02 Å². The zero-order valence-corrected chi connectivity index (χ0v) is 16.9. The van der Waals surface area contributed by atoms with Gasteiger partial charge in [0.15, 0.2) is 5.13 Å². The summed E-state index contributed by atoms with van der Waals surface area (Å²) in [5.74, 6) is -0.169. The summed E-state index contributed by atoms with van der Waals surface area (Å²) < 4.78 is 5.71. The van der Waals surface area contributed by atoms with Crippen molar-refractivity contribution in [3.05, 3.63) is 76.3 Å². The standard InChI is InChI=1S/C22H21ClN2O2S/c23-17-10-8-16(9-11-17)22(12-4-5-13-22)20(26)27-14-19-15-28-21(25-19)24-18-6-2-1-3-7-18/h1-3,6-11,15H,4-5,12-14H2,(H,24,25). The van der Waals surface area contributed by atoms with E-state index in [1.807, 2.05) is 60.0 Å². The van der Waals surface area contributed by atoms with Crippen LogP contribution in [0.25, 0.3) is 0 Å². The van der Waals surface area contributed by atoms with Crippen LogP contribution in [-0.4, -0.2) is 11.0 Å². The smallest absolute Gasteiger partial charge is 0.316 e. The molecular formula is C22H21ClN2O2S. The number of para-hydroxylation sites is 1. The molecule has 2 aromatic carbocycles. The Morgan fingerprint density at radius 1 is 1.11 bits per heavy atom. The molecule has 3 aromatic rings. The average molecular weight is 413 g/mol. The van der Waals surface area contributed by atoms with Gasteiger partial charge in [0.2, 0.25) is 0 Å². The molecule has 1 heterocycles. The van der Waals surface area contributed by atoms with Crippen LogP contribution in [0.15, 0.2) is 60.0 Å². The van der Waals surface area contributed by atoms with Gasteiger partial charge in [-0.2, -0.15) is 0 Å². The maximum Gasteiger partial charge on any atom is 0.316 e.